The molecule has 0 unspecified atom stereocenters. The van der Waals surface area contributed by atoms with Gasteiger partial charge in [-0.05, 0) is 25.0 Å². The Kier molecular flexibility index (Phi) is 2.78. The molecule has 2 aromatic rings. The van der Waals surface area contributed by atoms with Gasteiger partial charge in [0.2, 0.25) is 0 Å². The lowest BCUT2D eigenvalue weighted by Gasteiger charge is -2.07. The van der Waals surface area contributed by atoms with Crippen LogP contribution in [0.3, 0.4) is 0 Å². The molecule has 0 atom stereocenters. The average Bonchev–Trinajstić information content (AvgIpc) is 2.97. The molecule has 2 aromatic heterocycles. The Morgan fingerprint density at radius 3 is 2.55 bits per heavy atom. The van der Waals surface area contributed by atoms with Crippen molar-refractivity contribution in [2.75, 3.05) is 0 Å². The zero-order valence-corrected chi connectivity index (χ0v) is 10.5. The monoisotopic (exact) mass is 272 g/mol. The fourth-order valence-corrected chi connectivity index (χ4v) is 2.82. The first-order valence-corrected chi connectivity index (χ1v) is 6.23. The van der Waals surface area contributed by atoms with Crippen molar-refractivity contribution >= 4 is 11.9 Å². The van der Waals surface area contributed by atoms with Gasteiger partial charge in [0.25, 0.3) is 0 Å². The molecule has 1 aliphatic heterocycles. The van der Waals surface area contributed by atoms with Crippen molar-refractivity contribution < 1.29 is 19.8 Å². The number of hydrogen-bond acceptors (Lipinski definition) is 3. The number of nitrogens with zero attached hydrogens (tertiary/aromatic N) is 2. The van der Waals surface area contributed by atoms with E-state index in [9.17, 15) is 19.8 Å². The Morgan fingerprint density at radius 2 is 1.95 bits per heavy atom. The first-order valence-electron chi connectivity index (χ1n) is 6.23. The first-order chi connectivity index (χ1) is 9.61. The van der Waals surface area contributed by atoms with Crippen LogP contribution in [-0.2, 0) is 13.0 Å². The minimum absolute atomic E-state index is 0.0890. The van der Waals surface area contributed by atoms with Crippen LogP contribution in [0.2, 0.25) is 0 Å². The Morgan fingerprint density at radius 1 is 1.20 bits per heavy atom. The molecule has 0 bridgehead atoms. The molecule has 0 amide bonds. The van der Waals surface area contributed by atoms with E-state index in [0.29, 0.717) is 29.9 Å². The van der Waals surface area contributed by atoms with E-state index >= 15 is 0 Å². The molecule has 0 radical (unpaired) electrons. The van der Waals surface area contributed by atoms with Gasteiger partial charge in [-0.25, -0.2) is 9.59 Å². The third kappa shape index (κ3) is 1.69. The van der Waals surface area contributed by atoms with Crippen LogP contribution in [0.25, 0.3) is 11.3 Å². The van der Waals surface area contributed by atoms with E-state index in [2.05, 4.69) is 4.98 Å². The van der Waals surface area contributed by atoms with E-state index in [0.717, 1.165) is 6.42 Å². The smallest absolute Gasteiger partial charge is 0.338 e. The number of aromatic nitrogens is 2. The number of carbonyl (C=O) groups is 2. The first kappa shape index (κ1) is 12.4. The van der Waals surface area contributed by atoms with Crippen LogP contribution in [0.5, 0.6) is 0 Å². The highest BCUT2D eigenvalue weighted by molar-refractivity contribution is 6.07. The molecule has 0 spiro atoms. The fourth-order valence-electron chi connectivity index (χ4n) is 2.82. The molecule has 0 saturated heterocycles. The van der Waals surface area contributed by atoms with E-state index in [4.69, 9.17) is 0 Å². The number of carboxylic acid groups (broad SMARTS) is 2. The van der Waals surface area contributed by atoms with Crippen molar-refractivity contribution in [1.29, 1.82) is 0 Å². The van der Waals surface area contributed by atoms with Crippen LogP contribution in [0.15, 0.2) is 24.5 Å². The van der Waals surface area contributed by atoms with Crippen LogP contribution in [0.4, 0.5) is 0 Å². The molecule has 102 valence electrons. The van der Waals surface area contributed by atoms with Gasteiger partial charge in [-0.2, -0.15) is 0 Å². The van der Waals surface area contributed by atoms with E-state index in [-0.39, 0.29) is 11.1 Å². The SMILES string of the molecule is O=C(O)c1c(C(=O)O)c(-c2cccnc2)n2c1CCC2. The third-order valence-electron chi connectivity index (χ3n) is 3.53. The van der Waals surface area contributed by atoms with Crippen LogP contribution in [-0.4, -0.2) is 31.7 Å². The summed E-state index contributed by atoms with van der Waals surface area (Å²) in [5, 5.41) is 18.8. The zero-order valence-electron chi connectivity index (χ0n) is 10.5. The average molecular weight is 272 g/mol. The number of hydrogen-bond donors (Lipinski definition) is 2. The summed E-state index contributed by atoms with van der Waals surface area (Å²) >= 11 is 0. The third-order valence-corrected chi connectivity index (χ3v) is 3.53. The second kappa shape index (κ2) is 4.48. The van der Waals surface area contributed by atoms with Gasteiger partial charge in [-0.1, -0.05) is 0 Å². The summed E-state index contributed by atoms with van der Waals surface area (Å²) in [6.07, 6.45) is 4.56. The molecule has 6 nitrogen and oxygen atoms in total. The number of pyridine rings is 1. The van der Waals surface area contributed by atoms with Crippen molar-refractivity contribution in [3.8, 4) is 11.3 Å². The van der Waals surface area contributed by atoms with Crippen molar-refractivity contribution in [3.63, 3.8) is 0 Å². The molecule has 2 N–H and O–H groups in total. The predicted molar refractivity (Wildman–Crippen MR) is 69.9 cm³/mol. The molecular weight excluding hydrogens is 260 g/mol. The van der Waals surface area contributed by atoms with E-state index in [1.54, 1.807) is 29.1 Å². The lowest BCUT2D eigenvalue weighted by molar-refractivity contribution is 0.0652. The molecule has 3 heterocycles. The maximum absolute atomic E-state index is 11.5. The Bertz CT molecular complexity index is 704. The molecule has 0 aliphatic carbocycles. The van der Waals surface area contributed by atoms with Crippen molar-refractivity contribution in [3.05, 3.63) is 41.3 Å². The maximum atomic E-state index is 11.5. The molecule has 0 fully saturated rings. The van der Waals surface area contributed by atoms with Gasteiger partial charge in [0, 0.05) is 30.2 Å². The summed E-state index contributed by atoms with van der Waals surface area (Å²) in [6.45, 7) is 0.632. The normalized spacial score (nSPS) is 13.2. The molecule has 3 rings (SSSR count). The van der Waals surface area contributed by atoms with Gasteiger partial charge in [-0.15, -0.1) is 0 Å². The highest BCUT2D eigenvalue weighted by Crippen LogP contribution is 2.35. The van der Waals surface area contributed by atoms with E-state index in [1.807, 2.05) is 0 Å². The topological polar surface area (TPSA) is 92.4 Å². The summed E-state index contributed by atoms with van der Waals surface area (Å²) in [4.78, 5) is 27.0. The van der Waals surface area contributed by atoms with Gasteiger partial charge in [0.15, 0.2) is 0 Å². The van der Waals surface area contributed by atoms with E-state index in [1.165, 1.54) is 0 Å². The lowest BCUT2D eigenvalue weighted by atomic mass is 10.0. The molecule has 0 aromatic carbocycles. The van der Waals surface area contributed by atoms with Crippen LogP contribution < -0.4 is 0 Å². The fraction of sp³-hybridized carbons (Fsp3) is 0.214. The minimum Gasteiger partial charge on any atom is -0.478 e. The van der Waals surface area contributed by atoms with Crippen molar-refractivity contribution in [2.24, 2.45) is 0 Å². The molecule has 0 saturated carbocycles. The van der Waals surface area contributed by atoms with Gasteiger partial charge < -0.3 is 14.8 Å². The van der Waals surface area contributed by atoms with Crippen LogP contribution in [0, 0.1) is 0 Å². The summed E-state index contributed by atoms with van der Waals surface area (Å²) in [7, 11) is 0. The van der Waals surface area contributed by atoms with Gasteiger partial charge in [0.1, 0.15) is 5.56 Å². The minimum atomic E-state index is -1.22. The highest BCUT2D eigenvalue weighted by Gasteiger charge is 2.33. The second-order valence-corrected chi connectivity index (χ2v) is 4.65. The lowest BCUT2D eigenvalue weighted by Crippen LogP contribution is -2.08. The Hall–Kier alpha value is -2.63. The predicted octanol–water partition coefficient (Wildman–Crippen LogP) is 1.89. The quantitative estimate of drug-likeness (QED) is 0.890. The van der Waals surface area contributed by atoms with Crippen LogP contribution in [0.1, 0.15) is 32.8 Å². The highest BCUT2D eigenvalue weighted by atomic mass is 16.4. The number of aromatic carboxylic acids is 2. The summed E-state index contributed by atoms with van der Waals surface area (Å²) in [5.41, 5.74) is 1.43. The van der Waals surface area contributed by atoms with Crippen molar-refractivity contribution in [1.82, 2.24) is 9.55 Å². The molecule has 6 heteroatoms. The summed E-state index contributed by atoms with van der Waals surface area (Å²) in [5.74, 6) is -2.41. The Labute approximate surface area is 114 Å². The number of rotatable bonds is 3. The molecular formula is C14H12N2O4. The van der Waals surface area contributed by atoms with Crippen LogP contribution >= 0.6 is 0 Å². The zero-order chi connectivity index (χ0) is 14.3. The van der Waals surface area contributed by atoms with Gasteiger partial charge >= 0.3 is 11.9 Å². The molecule has 1 aliphatic rings. The molecule has 20 heavy (non-hydrogen) atoms. The standard InChI is InChI=1S/C14H12N2O4/c17-13(18)10-9-4-2-6-16(9)12(11(10)14(19)20)8-3-1-5-15-7-8/h1,3,5,7H,2,4,6H2,(H,17,18)(H,19,20). The summed E-state index contributed by atoms with van der Waals surface area (Å²) < 4.78 is 1.80. The van der Waals surface area contributed by atoms with Gasteiger partial charge in [-0.3, -0.25) is 4.98 Å². The number of carboxylic acids is 2. The Balaban J connectivity index is 2.37. The second-order valence-electron chi connectivity index (χ2n) is 4.65. The van der Waals surface area contributed by atoms with E-state index < -0.39 is 11.9 Å². The largest absolute Gasteiger partial charge is 0.478 e. The van der Waals surface area contributed by atoms with Gasteiger partial charge in [0.05, 0.1) is 11.3 Å². The summed E-state index contributed by atoms with van der Waals surface area (Å²) in [6, 6.07) is 3.45. The van der Waals surface area contributed by atoms with Crippen molar-refractivity contribution in [2.45, 2.75) is 19.4 Å². The number of fused-ring (bicyclic) bond motifs is 1. The maximum Gasteiger partial charge on any atom is 0.338 e.